The highest BCUT2D eigenvalue weighted by atomic mass is 16.5. The number of carbonyl (C=O) groups is 2. The summed E-state index contributed by atoms with van der Waals surface area (Å²) in [5, 5.41) is 0. The minimum Gasteiger partial charge on any atom is -0.378 e. The summed E-state index contributed by atoms with van der Waals surface area (Å²) in [6, 6.07) is -0.0810. The Morgan fingerprint density at radius 2 is 1.96 bits per heavy atom. The van der Waals surface area contributed by atoms with Gasteiger partial charge < -0.3 is 14.5 Å². The Balaban J connectivity index is 1.81. The van der Waals surface area contributed by atoms with Crippen molar-refractivity contribution < 1.29 is 14.3 Å². The van der Waals surface area contributed by atoms with Crippen LogP contribution in [0, 0.1) is 6.92 Å². The molecule has 24 heavy (non-hydrogen) atoms. The molecule has 0 aliphatic carbocycles. The molecule has 0 saturated carbocycles. The van der Waals surface area contributed by atoms with Crippen LogP contribution in [-0.2, 0) is 9.53 Å². The van der Waals surface area contributed by atoms with Crippen LogP contribution in [-0.4, -0.2) is 64.4 Å². The number of aryl methyl sites for hydroxylation is 1. The van der Waals surface area contributed by atoms with Gasteiger partial charge >= 0.3 is 0 Å². The summed E-state index contributed by atoms with van der Waals surface area (Å²) < 4.78 is 5.29. The molecule has 1 aromatic rings. The van der Waals surface area contributed by atoms with Crippen LogP contribution in [0.5, 0.6) is 0 Å². The van der Waals surface area contributed by atoms with Gasteiger partial charge in [0.1, 0.15) is 0 Å². The maximum Gasteiger partial charge on any atom is 0.257 e. The van der Waals surface area contributed by atoms with Crippen LogP contribution in [0.25, 0.3) is 0 Å². The second kappa shape index (κ2) is 7.25. The molecule has 0 bridgehead atoms. The van der Waals surface area contributed by atoms with Crippen molar-refractivity contribution in [3.8, 4) is 0 Å². The molecule has 0 aromatic carbocycles. The predicted octanol–water partition coefficient (Wildman–Crippen LogP) is 1.33. The molecule has 3 heterocycles. The fourth-order valence-electron chi connectivity index (χ4n) is 3.37. The van der Waals surface area contributed by atoms with Gasteiger partial charge in [-0.2, -0.15) is 0 Å². The third-order valence-electron chi connectivity index (χ3n) is 4.73. The van der Waals surface area contributed by atoms with Gasteiger partial charge in [0.2, 0.25) is 5.91 Å². The number of aromatic nitrogens is 2. The number of morpholine rings is 1. The summed E-state index contributed by atoms with van der Waals surface area (Å²) in [5.74, 6) is 0.643. The lowest BCUT2D eigenvalue weighted by Crippen LogP contribution is -2.41. The van der Waals surface area contributed by atoms with Crippen molar-refractivity contribution >= 4 is 11.8 Å². The number of hydrogen-bond donors (Lipinski definition) is 0. The van der Waals surface area contributed by atoms with Crippen molar-refractivity contribution in [3.05, 3.63) is 23.3 Å². The number of hydrogen-bond acceptors (Lipinski definition) is 5. The standard InChI is InChI=1S/C17H24N4O3/c1-12-14(17(23)20-7-9-24-10-8-20)11-18-16(19-12)15-5-3-4-6-21(15)13(2)22/h11,15H,3-10H2,1-2H3/t15-/m0/s1. The van der Waals surface area contributed by atoms with E-state index in [2.05, 4.69) is 9.97 Å². The predicted molar refractivity (Wildman–Crippen MR) is 87.5 cm³/mol. The van der Waals surface area contributed by atoms with Gasteiger partial charge in [-0.1, -0.05) is 0 Å². The van der Waals surface area contributed by atoms with Crippen LogP contribution in [0.1, 0.15) is 54.1 Å². The molecule has 1 aromatic heterocycles. The smallest absolute Gasteiger partial charge is 0.257 e. The molecule has 1 atom stereocenters. The van der Waals surface area contributed by atoms with E-state index in [4.69, 9.17) is 4.74 Å². The first-order chi connectivity index (χ1) is 11.6. The van der Waals surface area contributed by atoms with Crippen LogP contribution >= 0.6 is 0 Å². The van der Waals surface area contributed by atoms with E-state index in [0.717, 1.165) is 25.8 Å². The maximum atomic E-state index is 12.6. The van der Waals surface area contributed by atoms with Crippen LogP contribution < -0.4 is 0 Å². The SMILES string of the molecule is CC(=O)N1CCCC[C@H]1c1ncc(C(=O)N2CCOCC2)c(C)n1. The van der Waals surface area contributed by atoms with Gasteiger partial charge in [0.05, 0.1) is 30.5 Å². The molecule has 2 amide bonds. The van der Waals surface area contributed by atoms with E-state index in [1.807, 2.05) is 11.8 Å². The Hall–Kier alpha value is -2.02. The number of carbonyl (C=O) groups excluding carboxylic acids is 2. The summed E-state index contributed by atoms with van der Waals surface area (Å²) in [5.41, 5.74) is 1.21. The molecule has 0 unspecified atom stereocenters. The lowest BCUT2D eigenvalue weighted by atomic mass is 10.0. The number of nitrogens with zero attached hydrogens (tertiary/aromatic N) is 4. The molecule has 2 aliphatic heterocycles. The zero-order chi connectivity index (χ0) is 17.1. The average Bonchev–Trinajstić information content (AvgIpc) is 2.62. The lowest BCUT2D eigenvalue weighted by Gasteiger charge is -2.34. The van der Waals surface area contributed by atoms with Crippen LogP contribution in [0.2, 0.25) is 0 Å². The van der Waals surface area contributed by atoms with E-state index in [-0.39, 0.29) is 17.9 Å². The fourth-order valence-corrected chi connectivity index (χ4v) is 3.37. The summed E-state index contributed by atoms with van der Waals surface area (Å²) >= 11 is 0. The molecule has 7 nitrogen and oxygen atoms in total. The molecule has 2 aliphatic rings. The van der Waals surface area contributed by atoms with Crippen molar-refractivity contribution in [3.63, 3.8) is 0 Å². The lowest BCUT2D eigenvalue weighted by molar-refractivity contribution is -0.132. The Bertz CT molecular complexity index is 628. The first-order valence-corrected chi connectivity index (χ1v) is 8.55. The minimum atomic E-state index is -0.0810. The Labute approximate surface area is 142 Å². The summed E-state index contributed by atoms with van der Waals surface area (Å²) in [4.78, 5) is 37.1. The third-order valence-corrected chi connectivity index (χ3v) is 4.73. The van der Waals surface area contributed by atoms with Crippen LogP contribution in [0.3, 0.4) is 0 Å². The van der Waals surface area contributed by atoms with Gasteiger partial charge in [-0.25, -0.2) is 9.97 Å². The molecular weight excluding hydrogens is 308 g/mol. The van der Waals surface area contributed by atoms with Crippen molar-refractivity contribution in [2.75, 3.05) is 32.8 Å². The first-order valence-electron chi connectivity index (χ1n) is 8.55. The van der Waals surface area contributed by atoms with Gasteiger partial charge in [0.25, 0.3) is 5.91 Å². The zero-order valence-corrected chi connectivity index (χ0v) is 14.3. The van der Waals surface area contributed by atoms with Crippen molar-refractivity contribution in [2.24, 2.45) is 0 Å². The minimum absolute atomic E-state index is 0.0468. The number of rotatable bonds is 2. The van der Waals surface area contributed by atoms with Gasteiger partial charge in [0.15, 0.2) is 5.82 Å². The second-order valence-corrected chi connectivity index (χ2v) is 6.36. The van der Waals surface area contributed by atoms with Crippen molar-refractivity contribution in [2.45, 2.75) is 39.2 Å². The third kappa shape index (κ3) is 3.40. The van der Waals surface area contributed by atoms with Crippen molar-refractivity contribution in [1.29, 1.82) is 0 Å². The Morgan fingerprint density at radius 1 is 1.21 bits per heavy atom. The quantitative estimate of drug-likeness (QED) is 0.817. The van der Waals surface area contributed by atoms with Crippen LogP contribution in [0.4, 0.5) is 0 Å². The van der Waals surface area contributed by atoms with E-state index >= 15 is 0 Å². The monoisotopic (exact) mass is 332 g/mol. The van der Waals surface area contributed by atoms with E-state index in [0.29, 0.717) is 43.4 Å². The molecule has 0 N–H and O–H groups in total. The van der Waals surface area contributed by atoms with Crippen LogP contribution in [0.15, 0.2) is 6.20 Å². The molecule has 2 saturated heterocycles. The highest BCUT2D eigenvalue weighted by Gasteiger charge is 2.29. The maximum absolute atomic E-state index is 12.6. The number of likely N-dealkylation sites (tertiary alicyclic amines) is 1. The molecular formula is C17H24N4O3. The van der Waals surface area contributed by atoms with Gasteiger partial charge in [-0.05, 0) is 26.2 Å². The second-order valence-electron chi connectivity index (χ2n) is 6.36. The number of ether oxygens (including phenoxy) is 1. The molecule has 7 heteroatoms. The van der Waals surface area contributed by atoms with E-state index in [1.165, 1.54) is 0 Å². The normalized spacial score (nSPS) is 21.7. The fraction of sp³-hybridized carbons (Fsp3) is 0.647. The number of amides is 2. The van der Waals surface area contributed by atoms with Gasteiger partial charge in [0, 0.05) is 32.8 Å². The molecule has 0 radical (unpaired) electrons. The Kier molecular flexibility index (Phi) is 5.08. The zero-order valence-electron chi connectivity index (χ0n) is 14.3. The topological polar surface area (TPSA) is 75.6 Å². The largest absolute Gasteiger partial charge is 0.378 e. The van der Waals surface area contributed by atoms with Gasteiger partial charge in [-0.3, -0.25) is 9.59 Å². The molecule has 2 fully saturated rings. The molecule has 0 spiro atoms. The Morgan fingerprint density at radius 3 is 2.62 bits per heavy atom. The highest BCUT2D eigenvalue weighted by molar-refractivity contribution is 5.95. The summed E-state index contributed by atoms with van der Waals surface area (Å²) in [6.45, 7) is 6.50. The molecule has 3 rings (SSSR count). The van der Waals surface area contributed by atoms with Crippen molar-refractivity contribution in [1.82, 2.24) is 19.8 Å². The van der Waals surface area contributed by atoms with E-state index in [9.17, 15) is 9.59 Å². The number of piperidine rings is 1. The van der Waals surface area contributed by atoms with E-state index in [1.54, 1.807) is 18.0 Å². The summed E-state index contributed by atoms with van der Waals surface area (Å²) in [6.07, 6.45) is 4.56. The molecule has 130 valence electrons. The van der Waals surface area contributed by atoms with Gasteiger partial charge in [-0.15, -0.1) is 0 Å². The first kappa shape index (κ1) is 16.8. The van der Waals surface area contributed by atoms with E-state index < -0.39 is 0 Å². The average molecular weight is 332 g/mol. The summed E-state index contributed by atoms with van der Waals surface area (Å²) in [7, 11) is 0. The highest BCUT2D eigenvalue weighted by Crippen LogP contribution is 2.29.